The maximum absolute atomic E-state index is 12.0. The number of carbonyl (C=O) groups excluding carboxylic acids is 1. The summed E-state index contributed by atoms with van der Waals surface area (Å²) in [4.78, 5) is 12.0. The summed E-state index contributed by atoms with van der Waals surface area (Å²) in [7, 11) is 0. The van der Waals surface area contributed by atoms with Crippen LogP contribution < -0.4 is 5.32 Å². The molecule has 1 amide bonds. The largest absolute Gasteiger partial charge is 0.353 e. The van der Waals surface area contributed by atoms with Crippen molar-refractivity contribution in [2.24, 2.45) is 22.2 Å². The van der Waals surface area contributed by atoms with Crippen molar-refractivity contribution in [1.29, 1.82) is 5.26 Å². The van der Waals surface area contributed by atoms with E-state index in [0.717, 1.165) is 32.2 Å². The lowest BCUT2D eigenvalue weighted by Gasteiger charge is -2.51. The third-order valence-electron chi connectivity index (χ3n) is 7.81. The molecule has 0 aromatic carbocycles. The molecule has 1 aliphatic heterocycles. The molecule has 4 unspecified atom stereocenters. The van der Waals surface area contributed by atoms with Crippen LogP contribution in [0.1, 0.15) is 58.8 Å². The van der Waals surface area contributed by atoms with Crippen LogP contribution in [0.25, 0.3) is 0 Å². The summed E-state index contributed by atoms with van der Waals surface area (Å²) in [6, 6.07) is 2.35. The van der Waals surface area contributed by atoms with Gasteiger partial charge in [-0.05, 0) is 67.6 Å². The van der Waals surface area contributed by atoms with Gasteiger partial charge in [-0.3, -0.25) is 4.79 Å². The summed E-state index contributed by atoms with van der Waals surface area (Å²) >= 11 is 0. The minimum atomic E-state index is 0.0943. The number of nitrogens with one attached hydrogen (secondary N) is 1. The molecule has 0 bridgehead atoms. The molecule has 3 nitrogen and oxygen atoms in total. The maximum atomic E-state index is 12.0. The van der Waals surface area contributed by atoms with Crippen molar-refractivity contribution in [3.05, 3.63) is 23.3 Å². The average molecular weight is 310 g/mol. The summed E-state index contributed by atoms with van der Waals surface area (Å²) in [5.41, 5.74) is 3.75. The van der Waals surface area contributed by atoms with Crippen LogP contribution >= 0.6 is 0 Å². The standard InChI is InChI=1S/C20H26N2O/c1-14-5-8-20-13-19(20,16(14)4-3-10-21)7-6-15-12-17(23)22-11-9-18(15,20)2/h5,12,16H,3-4,6-9,11,13H2,1-2H3,(H,22,23). The van der Waals surface area contributed by atoms with Gasteiger partial charge in [-0.1, -0.05) is 24.1 Å². The SMILES string of the molecule is CC1=CCC23CC2(CCC2=CC(=O)NCCC23C)C1CCC#N. The van der Waals surface area contributed by atoms with Gasteiger partial charge in [0.1, 0.15) is 0 Å². The molecule has 0 aromatic rings. The molecule has 3 aliphatic carbocycles. The first-order valence-corrected chi connectivity index (χ1v) is 9.02. The van der Waals surface area contributed by atoms with E-state index in [-0.39, 0.29) is 11.3 Å². The van der Waals surface area contributed by atoms with Gasteiger partial charge >= 0.3 is 0 Å². The second-order valence-electron chi connectivity index (χ2n) is 8.36. The van der Waals surface area contributed by atoms with Gasteiger partial charge in [0.25, 0.3) is 0 Å². The zero-order chi connectivity index (χ0) is 16.3. The van der Waals surface area contributed by atoms with Gasteiger partial charge in [-0.25, -0.2) is 0 Å². The normalized spacial score (nSPS) is 44.4. The lowest BCUT2D eigenvalue weighted by Crippen LogP contribution is -2.44. The first kappa shape index (κ1) is 15.0. The summed E-state index contributed by atoms with van der Waals surface area (Å²) in [5.74, 6) is 0.665. The topological polar surface area (TPSA) is 52.9 Å². The summed E-state index contributed by atoms with van der Waals surface area (Å²) in [6.45, 7) is 5.47. The highest BCUT2D eigenvalue weighted by atomic mass is 16.1. The van der Waals surface area contributed by atoms with E-state index in [1.165, 1.54) is 24.0 Å². The van der Waals surface area contributed by atoms with E-state index in [0.29, 0.717) is 23.2 Å². The Kier molecular flexibility index (Phi) is 3.08. The molecule has 4 rings (SSSR count). The van der Waals surface area contributed by atoms with Crippen LogP contribution in [-0.4, -0.2) is 12.5 Å². The van der Waals surface area contributed by atoms with Gasteiger partial charge < -0.3 is 5.32 Å². The fourth-order valence-corrected chi connectivity index (χ4v) is 6.54. The molecule has 0 saturated heterocycles. The van der Waals surface area contributed by atoms with Gasteiger partial charge in [0, 0.05) is 19.0 Å². The number of hydrogen-bond acceptors (Lipinski definition) is 2. The predicted octanol–water partition coefficient (Wildman–Crippen LogP) is 3.88. The van der Waals surface area contributed by atoms with Crippen molar-refractivity contribution in [2.45, 2.75) is 58.8 Å². The molecular formula is C20H26N2O. The fourth-order valence-electron chi connectivity index (χ4n) is 6.54. The highest BCUT2D eigenvalue weighted by molar-refractivity contribution is 5.89. The lowest BCUT2D eigenvalue weighted by molar-refractivity contribution is -0.116. The zero-order valence-electron chi connectivity index (χ0n) is 14.2. The number of hydrogen-bond donors (Lipinski definition) is 1. The summed E-state index contributed by atoms with van der Waals surface area (Å²) in [5, 5.41) is 12.1. The van der Waals surface area contributed by atoms with Crippen molar-refractivity contribution in [3.8, 4) is 6.07 Å². The monoisotopic (exact) mass is 310 g/mol. The molecule has 0 spiro atoms. The number of rotatable bonds is 2. The molecule has 0 radical (unpaired) electrons. The maximum Gasteiger partial charge on any atom is 0.243 e. The van der Waals surface area contributed by atoms with E-state index >= 15 is 0 Å². The van der Waals surface area contributed by atoms with E-state index in [1.807, 2.05) is 6.08 Å². The van der Waals surface area contributed by atoms with E-state index in [2.05, 4.69) is 31.3 Å². The van der Waals surface area contributed by atoms with Gasteiger partial charge in [-0.2, -0.15) is 5.26 Å². The molecule has 23 heavy (non-hydrogen) atoms. The van der Waals surface area contributed by atoms with Crippen LogP contribution in [0.15, 0.2) is 23.3 Å². The number of amides is 1. The molecule has 122 valence electrons. The summed E-state index contributed by atoms with van der Waals surface area (Å²) < 4.78 is 0. The highest BCUT2D eigenvalue weighted by Gasteiger charge is 2.78. The lowest BCUT2D eigenvalue weighted by atomic mass is 9.52. The molecular weight excluding hydrogens is 284 g/mol. The van der Waals surface area contributed by atoms with Crippen molar-refractivity contribution >= 4 is 5.91 Å². The van der Waals surface area contributed by atoms with E-state index in [9.17, 15) is 4.79 Å². The van der Waals surface area contributed by atoms with Crippen LogP contribution in [0.2, 0.25) is 0 Å². The molecule has 0 aromatic heterocycles. The molecule has 1 heterocycles. The first-order valence-electron chi connectivity index (χ1n) is 9.02. The van der Waals surface area contributed by atoms with Gasteiger partial charge in [0.15, 0.2) is 0 Å². The van der Waals surface area contributed by atoms with Crippen molar-refractivity contribution in [2.75, 3.05) is 6.54 Å². The molecule has 2 saturated carbocycles. The Morgan fingerprint density at radius 2 is 2.26 bits per heavy atom. The van der Waals surface area contributed by atoms with Gasteiger partial charge in [0.05, 0.1) is 6.07 Å². The Morgan fingerprint density at radius 1 is 1.43 bits per heavy atom. The minimum Gasteiger partial charge on any atom is -0.353 e. The molecule has 4 atom stereocenters. The van der Waals surface area contributed by atoms with Crippen molar-refractivity contribution in [1.82, 2.24) is 5.32 Å². The van der Waals surface area contributed by atoms with E-state index in [1.54, 1.807) is 0 Å². The van der Waals surface area contributed by atoms with Gasteiger partial charge in [-0.15, -0.1) is 0 Å². The fraction of sp³-hybridized carbons (Fsp3) is 0.700. The number of nitriles is 1. The minimum absolute atomic E-state index is 0.0943. The Balaban J connectivity index is 1.77. The van der Waals surface area contributed by atoms with Crippen LogP contribution in [0.5, 0.6) is 0 Å². The molecule has 3 heteroatoms. The van der Waals surface area contributed by atoms with Crippen LogP contribution in [0, 0.1) is 33.5 Å². The van der Waals surface area contributed by atoms with Crippen molar-refractivity contribution in [3.63, 3.8) is 0 Å². The average Bonchev–Trinajstić information content (AvgIpc) is 3.23. The number of fused-ring (bicyclic) bond motifs is 1. The Bertz CT molecular complexity index is 670. The Morgan fingerprint density at radius 3 is 3.04 bits per heavy atom. The van der Waals surface area contributed by atoms with E-state index in [4.69, 9.17) is 5.26 Å². The zero-order valence-corrected chi connectivity index (χ0v) is 14.2. The Hall–Kier alpha value is -1.56. The molecule has 2 fully saturated rings. The Labute approximate surface area is 138 Å². The third kappa shape index (κ3) is 1.73. The third-order valence-corrected chi connectivity index (χ3v) is 7.81. The van der Waals surface area contributed by atoms with E-state index < -0.39 is 0 Å². The van der Waals surface area contributed by atoms with Crippen LogP contribution in [0.3, 0.4) is 0 Å². The molecule has 4 aliphatic rings. The quantitative estimate of drug-likeness (QED) is 0.787. The van der Waals surface area contributed by atoms with Gasteiger partial charge in [0.2, 0.25) is 5.91 Å². The first-order chi connectivity index (χ1) is 11.0. The number of nitrogens with zero attached hydrogens (tertiary/aromatic N) is 1. The number of carbonyl (C=O) groups is 1. The molecule has 1 N–H and O–H groups in total. The summed E-state index contributed by atoms with van der Waals surface area (Å²) in [6.07, 6.45) is 11.8. The highest BCUT2D eigenvalue weighted by Crippen LogP contribution is 2.85. The van der Waals surface area contributed by atoms with Crippen LogP contribution in [-0.2, 0) is 4.79 Å². The second-order valence-corrected chi connectivity index (χ2v) is 8.36. The second kappa shape index (κ2) is 4.72. The van der Waals surface area contributed by atoms with Crippen molar-refractivity contribution < 1.29 is 4.79 Å². The smallest absolute Gasteiger partial charge is 0.243 e. The predicted molar refractivity (Wildman–Crippen MR) is 89.2 cm³/mol. The number of allylic oxidation sites excluding steroid dienone is 3. The van der Waals surface area contributed by atoms with Crippen LogP contribution in [0.4, 0.5) is 0 Å².